The van der Waals surface area contributed by atoms with Gasteiger partial charge in [-0.3, -0.25) is 9.59 Å². The molecule has 1 aliphatic heterocycles. The first kappa shape index (κ1) is 20.0. The van der Waals surface area contributed by atoms with Crippen molar-refractivity contribution >= 4 is 11.8 Å². The van der Waals surface area contributed by atoms with Crippen molar-refractivity contribution in [3.05, 3.63) is 0 Å². The predicted octanol–water partition coefficient (Wildman–Crippen LogP) is 4.16. The van der Waals surface area contributed by atoms with Crippen molar-refractivity contribution in [2.45, 2.75) is 103 Å². The van der Waals surface area contributed by atoms with Crippen molar-refractivity contribution in [3.8, 4) is 0 Å². The van der Waals surface area contributed by atoms with Crippen LogP contribution in [0.5, 0.6) is 0 Å². The van der Waals surface area contributed by atoms with E-state index in [1.54, 1.807) is 4.90 Å². The van der Waals surface area contributed by atoms with Crippen molar-refractivity contribution in [2.75, 3.05) is 6.54 Å². The molecule has 1 saturated heterocycles. The third-order valence-corrected chi connectivity index (χ3v) is 4.90. The van der Waals surface area contributed by atoms with Gasteiger partial charge in [0, 0.05) is 13.0 Å². The minimum absolute atomic E-state index is 0.119. The molecule has 1 unspecified atom stereocenters. The smallest absolute Gasteiger partial charge is 0.240 e. The summed E-state index contributed by atoms with van der Waals surface area (Å²) in [6.45, 7) is 2.95. The number of unbranched alkanes of at least 4 members (excludes halogenated alkanes) is 9. The number of carbonyl (C=O) groups is 2. The molecule has 0 spiro atoms. The van der Waals surface area contributed by atoms with Gasteiger partial charge in [-0.15, -0.1) is 0 Å². The standard InChI is InChI=1S/C19H36N2O2/c1-2-3-4-5-6-7-8-9-10-11-15-18(22)21-16-13-12-14-17(21)19(20)23/h17H,2-16H2,1H3,(H2,20,23). The summed E-state index contributed by atoms with van der Waals surface area (Å²) < 4.78 is 0. The summed E-state index contributed by atoms with van der Waals surface area (Å²) in [6.07, 6.45) is 16.0. The van der Waals surface area contributed by atoms with Gasteiger partial charge in [-0.05, 0) is 25.7 Å². The molecule has 23 heavy (non-hydrogen) atoms. The first-order valence-electron chi connectivity index (χ1n) is 9.75. The highest BCUT2D eigenvalue weighted by Gasteiger charge is 2.29. The van der Waals surface area contributed by atoms with Crippen LogP contribution in [0.4, 0.5) is 0 Å². The van der Waals surface area contributed by atoms with Crippen molar-refractivity contribution in [3.63, 3.8) is 0 Å². The van der Waals surface area contributed by atoms with Gasteiger partial charge >= 0.3 is 0 Å². The van der Waals surface area contributed by atoms with E-state index < -0.39 is 0 Å². The van der Waals surface area contributed by atoms with Crippen LogP contribution in [0.15, 0.2) is 0 Å². The van der Waals surface area contributed by atoms with Gasteiger partial charge in [-0.1, -0.05) is 64.7 Å². The average Bonchev–Trinajstić information content (AvgIpc) is 2.56. The van der Waals surface area contributed by atoms with Crippen molar-refractivity contribution in [1.82, 2.24) is 4.90 Å². The fraction of sp³-hybridized carbons (Fsp3) is 0.895. The Balaban J connectivity index is 2.04. The third kappa shape index (κ3) is 8.38. The fourth-order valence-electron chi connectivity index (χ4n) is 3.43. The second kappa shape index (κ2) is 12.4. The molecule has 134 valence electrons. The van der Waals surface area contributed by atoms with Crippen LogP contribution >= 0.6 is 0 Å². The normalized spacial score (nSPS) is 18.1. The van der Waals surface area contributed by atoms with Gasteiger partial charge in [0.05, 0.1) is 0 Å². The molecule has 0 aromatic carbocycles. The molecule has 4 nitrogen and oxygen atoms in total. The summed E-state index contributed by atoms with van der Waals surface area (Å²) in [6, 6.07) is -0.362. The minimum Gasteiger partial charge on any atom is -0.368 e. The molecule has 1 fully saturated rings. The van der Waals surface area contributed by atoms with E-state index in [-0.39, 0.29) is 17.9 Å². The molecule has 0 radical (unpaired) electrons. The Bertz CT molecular complexity index is 344. The van der Waals surface area contributed by atoms with E-state index in [1.165, 1.54) is 51.4 Å². The Morgan fingerprint density at radius 3 is 2.04 bits per heavy atom. The summed E-state index contributed by atoms with van der Waals surface area (Å²) >= 11 is 0. The lowest BCUT2D eigenvalue weighted by Crippen LogP contribution is -2.50. The summed E-state index contributed by atoms with van der Waals surface area (Å²) in [7, 11) is 0. The fourth-order valence-corrected chi connectivity index (χ4v) is 3.43. The van der Waals surface area contributed by atoms with E-state index in [4.69, 9.17) is 5.73 Å². The summed E-state index contributed by atoms with van der Waals surface area (Å²) in [5.41, 5.74) is 5.42. The molecule has 1 heterocycles. The molecule has 0 aromatic rings. The van der Waals surface area contributed by atoms with E-state index in [2.05, 4.69) is 6.92 Å². The van der Waals surface area contributed by atoms with Crippen LogP contribution in [0.3, 0.4) is 0 Å². The van der Waals surface area contributed by atoms with Gasteiger partial charge in [-0.25, -0.2) is 0 Å². The van der Waals surface area contributed by atoms with Crippen LogP contribution in [-0.4, -0.2) is 29.3 Å². The zero-order valence-electron chi connectivity index (χ0n) is 15.0. The van der Waals surface area contributed by atoms with Crippen LogP contribution in [0, 0.1) is 0 Å². The topological polar surface area (TPSA) is 63.4 Å². The van der Waals surface area contributed by atoms with E-state index in [0.717, 1.165) is 32.1 Å². The molecule has 0 bridgehead atoms. The number of likely N-dealkylation sites (tertiary alicyclic amines) is 1. The highest BCUT2D eigenvalue weighted by atomic mass is 16.2. The average molecular weight is 325 g/mol. The van der Waals surface area contributed by atoms with Gasteiger partial charge in [0.25, 0.3) is 0 Å². The van der Waals surface area contributed by atoms with Crippen molar-refractivity contribution < 1.29 is 9.59 Å². The Morgan fingerprint density at radius 1 is 0.913 bits per heavy atom. The lowest BCUT2D eigenvalue weighted by Gasteiger charge is -2.33. The number of nitrogens with two attached hydrogens (primary N) is 1. The summed E-state index contributed by atoms with van der Waals surface area (Å²) in [4.78, 5) is 25.4. The molecule has 2 amide bonds. The van der Waals surface area contributed by atoms with Gasteiger partial charge in [0.15, 0.2) is 0 Å². The van der Waals surface area contributed by atoms with Gasteiger partial charge in [0.2, 0.25) is 11.8 Å². The Kier molecular flexibility index (Phi) is 10.8. The lowest BCUT2D eigenvalue weighted by molar-refractivity contribution is -0.141. The number of hydrogen-bond donors (Lipinski definition) is 1. The molecule has 1 atom stereocenters. The molecule has 0 saturated carbocycles. The Hall–Kier alpha value is -1.06. The zero-order valence-corrected chi connectivity index (χ0v) is 15.0. The third-order valence-electron chi connectivity index (χ3n) is 4.90. The van der Waals surface area contributed by atoms with Gasteiger partial charge < -0.3 is 10.6 Å². The van der Waals surface area contributed by atoms with Crippen LogP contribution in [0.25, 0.3) is 0 Å². The van der Waals surface area contributed by atoms with Crippen LogP contribution in [0.1, 0.15) is 96.8 Å². The first-order valence-corrected chi connectivity index (χ1v) is 9.75. The lowest BCUT2D eigenvalue weighted by atomic mass is 10.0. The highest BCUT2D eigenvalue weighted by Crippen LogP contribution is 2.19. The molecular formula is C19H36N2O2. The van der Waals surface area contributed by atoms with Gasteiger partial charge in [0.1, 0.15) is 6.04 Å². The number of amides is 2. The van der Waals surface area contributed by atoms with E-state index >= 15 is 0 Å². The van der Waals surface area contributed by atoms with Gasteiger partial charge in [-0.2, -0.15) is 0 Å². The quantitative estimate of drug-likeness (QED) is 0.548. The first-order chi connectivity index (χ1) is 11.2. The summed E-state index contributed by atoms with van der Waals surface area (Å²) in [5, 5.41) is 0. The number of nitrogens with zero attached hydrogens (tertiary/aromatic N) is 1. The molecule has 2 N–H and O–H groups in total. The maximum Gasteiger partial charge on any atom is 0.240 e. The molecule has 0 aliphatic carbocycles. The van der Waals surface area contributed by atoms with Crippen LogP contribution < -0.4 is 5.73 Å². The number of piperidine rings is 1. The Labute approximate surface area is 142 Å². The number of carbonyl (C=O) groups excluding carboxylic acids is 2. The van der Waals surface area contributed by atoms with Crippen LogP contribution in [0.2, 0.25) is 0 Å². The monoisotopic (exact) mass is 324 g/mol. The minimum atomic E-state index is -0.362. The van der Waals surface area contributed by atoms with Crippen LogP contribution in [-0.2, 0) is 9.59 Å². The molecule has 0 aromatic heterocycles. The highest BCUT2D eigenvalue weighted by molar-refractivity contribution is 5.86. The van der Waals surface area contributed by atoms with E-state index in [1.807, 2.05) is 0 Å². The molecular weight excluding hydrogens is 288 g/mol. The molecule has 1 rings (SSSR count). The van der Waals surface area contributed by atoms with E-state index in [9.17, 15) is 9.59 Å². The second-order valence-electron chi connectivity index (χ2n) is 6.93. The maximum atomic E-state index is 12.3. The predicted molar refractivity (Wildman–Crippen MR) is 95.0 cm³/mol. The van der Waals surface area contributed by atoms with Crippen molar-refractivity contribution in [1.29, 1.82) is 0 Å². The van der Waals surface area contributed by atoms with E-state index in [0.29, 0.717) is 13.0 Å². The molecule has 4 heteroatoms. The number of rotatable bonds is 12. The SMILES string of the molecule is CCCCCCCCCCCCC(=O)N1CCCCC1C(N)=O. The Morgan fingerprint density at radius 2 is 1.48 bits per heavy atom. The number of hydrogen-bond acceptors (Lipinski definition) is 2. The van der Waals surface area contributed by atoms with Crippen molar-refractivity contribution in [2.24, 2.45) is 5.73 Å². The molecule has 1 aliphatic rings. The number of primary amides is 1. The zero-order chi connectivity index (χ0) is 16.9. The second-order valence-corrected chi connectivity index (χ2v) is 6.93. The maximum absolute atomic E-state index is 12.3. The largest absolute Gasteiger partial charge is 0.368 e. The summed E-state index contributed by atoms with van der Waals surface area (Å²) in [5.74, 6) is -0.228.